The quantitative estimate of drug-likeness (QED) is 0.469. The minimum absolute atomic E-state index is 0.0588. The number of carbonyl (C=O) groups is 1. The van der Waals surface area contributed by atoms with E-state index in [2.05, 4.69) is 9.44 Å². The van der Waals surface area contributed by atoms with Crippen LogP contribution >= 0.6 is 11.6 Å². The Morgan fingerprint density at radius 1 is 0.806 bits per heavy atom. The Labute approximate surface area is 184 Å². The van der Waals surface area contributed by atoms with Crippen molar-refractivity contribution in [2.75, 3.05) is 9.44 Å². The SMILES string of the molecule is Cc1ccc(S(=O)(=O)Nc2ccc(Cl)cc2)cc1NS(=O)(=O)c1ccc(C(=O)O)cc1. The van der Waals surface area contributed by atoms with Gasteiger partial charge in [0.2, 0.25) is 0 Å². The number of benzene rings is 3. The second kappa shape index (κ2) is 8.58. The van der Waals surface area contributed by atoms with Gasteiger partial charge in [0.1, 0.15) is 0 Å². The lowest BCUT2D eigenvalue weighted by molar-refractivity contribution is 0.0696. The van der Waals surface area contributed by atoms with Crippen molar-refractivity contribution in [3.8, 4) is 0 Å². The normalized spacial score (nSPS) is 11.7. The summed E-state index contributed by atoms with van der Waals surface area (Å²) in [5.74, 6) is -1.18. The van der Waals surface area contributed by atoms with Crippen LogP contribution in [0.5, 0.6) is 0 Å². The number of carboxylic acids is 1. The molecule has 3 aromatic carbocycles. The Balaban J connectivity index is 1.89. The molecule has 162 valence electrons. The summed E-state index contributed by atoms with van der Waals surface area (Å²) in [6.07, 6.45) is 0. The Hall–Kier alpha value is -3.08. The Bertz CT molecular complexity index is 1340. The molecule has 0 amide bonds. The predicted octanol–water partition coefficient (Wildman–Crippen LogP) is 3.95. The van der Waals surface area contributed by atoms with Gasteiger partial charge in [-0.05, 0) is 73.2 Å². The van der Waals surface area contributed by atoms with E-state index in [-0.39, 0.29) is 21.0 Å². The third-order valence-corrected chi connectivity index (χ3v) is 7.28. The Morgan fingerprint density at radius 3 is 1.94 bits per heavy atom. The fourth-order valence-corrected chi connectivity index (χ4v) is 4.92. The fraction of sp³-hybridized carbons (Fsp3) is 0.0500. The van der Waals surface area contributed by atoms with Crippen LogP contribution in [0.3, 0.4) is 0 Å². The molecule has 0 bridgehead atoms. The second-order valence-electron chi connectivity index (χ2n) is 6.52. The third kappa shape index (κ3) is 5.35. The van der Waals surface area contributed by atoms with E-state index in [9.17, 15) is 21.6 Å². The number of hydrogen-bond acceptors (Lipinski definition) is 5. The van der Waals surface area contributed by atoms with Gasteiger partial charge in [0, 0.05) is 10.7 Å². The van der Waals surface area contributed by atoms with Gasteiger partial charge >= 0.3 is 5.97 Å². The molecule has 0 spiro atoms. The zero-order valence-corrected chi connectivity index (χ0v) is 18.4. The molecular formula is C20H17ClN2O6S2. The number of hydrogen-bond donors (Lipinski definition) is 3. The molecule has 0 aliphatic rings. The Morgan fingerprint density at radius 2 is 1.35 bits per heavy atom. The molecule has 0 fully saturated rings. The molecule has 11 heteroatoms. The summed E-state index contributed by atoms with van der Waals surface area (Å²) in [6.45, 7) is 1.62. The minimum Gasteiger partial charge on any atom is -0.478 e. The molecule has 8 nitrogen and oxygen atoms in total. The molecule has 31 heavy (non-hydrogen) atoms. The number of anilines is 2. The standard InChI is InChI=1S/C20H17ClN2O6S2/c1-13-2-9-18(31(28,29)22-16-7-5-15(21)6-8-16)12-19(13)23-30(26,27)17-10-3-14(4-11-17)20(24)25/h2-12,22-23H,1H3,(H,24,25). The maximum atomic E-state index is 12.7. The van der Waals surface area contributed by atoms with Crippen LogP contribution in [0.25, 0.3) is 0 Å². The van der Waals surface area contributed by atoms with Crippen molar-refractivity contribution in [2.45, 2.75) is 16.7 Å². The number of nitrogens with one attached hydrogen (secondary N) is 2. The molecule has 0 aromatic heterocycles. The van der Waals surface area contributed by atoms with Crippen LogP contribution in [0.15, 0.2) is 76.5 Å². The van der Waals surface area contributed by atoms with E-state index in [1.54, 1.807) is 6.92 Å². The fourth-order valence-electron chi connectivity index (χ4n) is 2.59. The lowest BCUT2D eigenvalue weighted by Crippen LogP contribution is -2.16. The highest BCUT2D eigenvalue weighted by atomic mass is 35.5. The van der Waals surface area contributed by atoms with E-state index in [4.69, 9.17) is 16.7 Å². The summed E-state index contributed by atoms with van der Waals surface area (Å²) in [5.41, 5.74) is 0.805. The van der Waals surface area contributed by atoms with Crippen LogP contribution in [0, 0.1) is 6.92 Å². The topological polar surface area (TPSA) is 130 Å². The summed E-state index contributed by atoms with van der Waals surface area (Å²) in [5, 5.41) is 9.39. The molecule has 0 unspecified atom stereocenters. The van der Waals surface area contributed by atoms with Gasteiger partial charge in [-0.2, -0.15) is 0 Å². The van der Waals surface area contributed by atoms with Gasteiger partial charge in [-0.15, -0.1) is 0 Å². The van der Waals surface area contributed by atoms with Crippen molar-refractivity contribution in [1.82, 2.24) is 0 Å². The second-order valence-corrected chi connectivity index (χ2v) is 10.3. The summed E-state index contributed by atoms with van der Waals surface area (Å²) >= 11 is 5.80. The van der Waals surface area contributed by atoms with Crippen LogP contribution in [-0.4, -0.2) is 27.9 Å². The van der Waals surface area contributed by atoms with Crippen molar-refractivity contribution in [3.63, 3.8) is 0 Å². The molecule has 0 saturated heterocycles. The van der Waals surface area contributed by atoms with E-state index < -0.39 is 26.0 Å². The van der Waals surface area contributed by atoms with Crippen LogP contribution in [0.2, 0.25) is 5.02 Å². The monoisotopic (exact) mass is 480 g/mol. The zero-order chi connectivity index (χ0) is 22.8. The molecule has 0 saturated carbocycles. The lowest BCUT2D eigenvalue weighted by atomic mass is 10.2. The molecule has 3 aromatic rings. The number of sulfonamides is 2. The van der Waals surface area contributed by atoms with Crippen LogP contribution < -0.4 is 9.44 Å². The lowest BCUT2D eigenvalue weighted by Gasteiger charge is -2.14. The van der Waals surface area contributed by atoms with Crippen LogP contribution in [0.1, 0.15) is 15.9 Å². The van der Waals surface area contributed by atoms with E-state index >= 15 is 0 Å². The summed E-state index contributed by atoms with van der Waals surface area (Å²) in [4.78, 5) is 10.6. The van der Waals surface area contributed by atoms with Gasteiger partial charge in [-0.3, -0.25) is 9.44 Å². The third-order valence-electron chi connectivity index (χ3n) is 4.27. The van der Waals surface area contributed by atoms with Gasteiger partial charge in [0.05, 0.1) is 21.0 Å². The average molecular weight is 481 g/mol. The Kier molecular flexibility index (Phi) is 6.25. The van der Waals surface area contributed by atoms with Crippen molar-refractivity contribution < 1.29 is 26.7 Å². The van der Waals surface area contributed by atoms with Crippen molar-refractivity contribution in [2.24, 2.45) is 0 Å². The highest BCUT2D eigenvalue weighted by Gasteiger charge is 2.20. The molecular weight excluding hydrogens is 464 g/mol. The van der Waals surface area contributed by atoms with E-state index in [0.717, 1.165) is 12.1 Å². The molecule has 0 aliphatic heterocycles. The molecule has 0 radical (unpaired) electrons. The zero-order valence-electron chi connectivity index (χ0n) is 16.0. The average Bonchev–Trinajstić information content (AvgIpc) is 2.71. The molecule has 0 aliphatic carbocycles. The van der Waals surface area contributed by atoms with Crippen molar-refractivity contribution >= 4 is 49.0 Å². The predicted molar refractivity (Wildman–Crippen MR) is 118 cm³/mol. The number of aromatic carboxylic acids is 1. The van der Waals surface area contributed by atoms with E-state index in [1.165, 1.54) is 54.6 Å². The first-order valence-corrected chi connectivity index (χ1v) is 12.1. The van der Waals surface area contributed by atoms with E-state index in [0.29, 0.717) is 16.3 Å². The van der Waals surface area contributed by atoms with Crippen LogP contribution in [-0.2, 0) is 20.0 Å². The highest BCUT2D eigenvalue weighted by molar-refractivity contribution is 7.93. The maximum absolute atomic E-state index is 12.7. The van der Waals surface area contributed by atoms with Crippen LogP contribution in [0.4, 0.5) is 11.4 Å². The van der Waals surface area contributed by atoms with E-state index in [1.807, 2.05) is 0 Å². The summed E-state index contributed by atoms with van der Waals surface area (Å²) in [6, 6.07) is 14.7. The number of aryl methyl sites for hydroxylation is 1. The smallest absolute Gasteiger partial charge is 0.335 e. The molecule has 3 N–H and O–H groups in total. The number of rotatable bonds is 7. The molecule has 0 atom stereocenters. The minimum atomic E-state index is -4.08. The highest BCUT2D eigenvalue weighted by Crippen LogP contribution is 2.25. The van der Waals surface area contributed by atoms with Gasteiger partial charge in [0.15, 0.2) is 0 Å². The first-order chi connectivity index (χ1) is 14.5. The first-order valence-electron chi connectivity index (χ1n) is 8.73. The van der Waals surface area contributed by atoms with Crippen molar-refractivity contribution in [1.29, 1.82) is 0 Å². The van der Waals surface area contributed by atoms with Gasteiger partial charge in [-0.25, -0.2) is 21.6 Å². The molecule has 3 rings (SSSR count). The number of halogens is 1. The summed E-state index contributed by atoms with van der Waals surface area (Å²) in [7, 11) is -8.07. The summed E-state index contributed by atoms with van der Waals surface area (Å²) < 4.78 is 55.5. The maximum Gasteiger partial charge on any atom is 0.335 e. The molecule has 0 heterocycles. The van der Waals surface area contributed by atoms with Gasteiger partial charge in [-0.1, -0.05) is 17.7 Å². The number of carboxylic acid groups (broad SMARTS) is 1. The first kappa shape index (κ1) is 22.6. The largest absolute Gasteiger partial charge is 0.478 e. The van der Waals surface area contributed by atoms with Gasteiger partial charge in [0.25, 0.3) is 20.0 Å². The van der Waals surface area contributed by atoms with Crippen molar-refractivity contribution in [3.05, 3.63) is 82.9 Å². The van der Waals surface area contributed by atoms with Gasteiger partial charge < -0.3 is 5.11 Å².